The van der Waals surface area contributed by atoms with E-state index in [1.54, 1.807) is 18.2 Å². The van der Waals surface area contributed by atoms with E-state index in [1.807, 2.05) is 18.0 Å². The summed E-state index contributed by atoms with van der Waals surface area (Å²) in [6.07, 6.45) is 4.95. The van der Waals surface area contributed by atoms with Crippen LogP contribution in [0.4, 0.5) is 0 Å². The summed E-state index contributed by atoms with van der Waals surface area (Å²) in [5, 5.41) is 8.54. The van der Waals surface area contributed by atoms with Crippen molar-refractivity contribution in [2.24, 2.45) is 5.92 Å². The van der Waals surface area contributed by atoms with Crippen molar-refractivity contribution in [2.75, 3.05) is 7.05 Å². The molecule has 1 amide bonds. The second-order valence-electron chi connectivity index (χ2n) is 6.72. The van der Waals surface area contributed by atoms with E-state index in [9.17, 15) is 9.59 Å². The van der Waals surface area contributed by atoms with Crippen LogP contribution in [0.15, 0.2) is 29.1 Å². The first-order valence-electron chi connectivity index (χ1n) is 8.66. The van der Waals surface area contributed by atoms with E-state index in [4.69, 9.17) is 0 Å². The van der Waals surface area contributed by atoms with Crippen LogP contribution < -0.4 is 5.56 Å². The summed E-state index contributed by atoms with van der Waals surface area (Å²) in [6, 6.07) is 7.44. The Morgan fingerprint density at radius 3 is 2.83 bits per heavy atom. The first kappa shape index (κ1) is 16.6. The quantitative estimate of drug-likeness (QED) is 0.863. The van der Waals surface area contributed by atoms with Crippen LogP contribution in [0, 0.1) is 5.92 Å². The molecular weight excluding hydrogens is 304 g/mol. The van der Waals surface area contributed by atoms with Gasteiger partial charge in [0.2, 0.25) is 5.91 Å². The van der Waals surface area contributed by atoms with Crippen molar-refractivity contribution in [2.45, 2.75) is 51.6 Å². The number of nitrogens with zero attached hydrogens (tertiary/aromatic N) is 4. The van der Waals surface area contributed by atoms with Gasteiger partial charge in [-0.25, -0.2) is 4.68 Å². The van der Waals surface area contributed by atoms with Crippen molar-refractivity contribution in [3.8, 4) is 0 Å². The lowest BCUT2D eigenvalue weighted by molar-refractivity contribution is -0.133. The van der Waals surface area contributed by atoms with Crippen molar-refractivity contribution in [1.82, 2.24) is 19.9 Å². The van der Waals surface area contributed by atoms with E-state index < -0.39 is 0 Å². The summed E-state index contributed by atoms with van der Waals surface area (Å²) in [7, 11) is 1.88. The maximum Gasteiger partial charge on any atom is 0.277 e. The minimum absolute atomic E-state index is 0.0654. The van der Waals surface area contributed by atoms with Gasteiger partial charge in [-0.1, -0.05) is 37.1 Å². The molecule has 0 N–H and O–H groups in total. The highest BCUT2D eigenvalue weighted by molar-refractivity contribution is 5.77. The molecule has 1 aromatic carbocycles. The number of carbonyl (C=O) groups is 1. The van der Waals surface area contributed by atoms with Crippen LogP contribution in [0.1, 0.15) is 39.0 Å². The summed E-state index contributed by atoms with van der Waals surface area (Å²) in [5.41, 5.74) is 0.389. The number of benzene rings is 1. The van der Waals surface area contributed by atoms with Crippen molar-refractivity contribution in [1.29, 1.82) is 0 Å². The Hall–Kier alpha value is -2.24. The third-order valence-corrected chi connectivity index (χ3v) is 5.12. The predicted octanol–water partition coefficient (Wildman–Crippen LogP) is 2.22. The van der Waals surface area contributed by atoms with Gasteiger partial charge in [0.05, 0.1) is 11.9 Å². The minimum Gasteiger partial charge on any atom is -0.342 e. The lowest BCUT2D eigenvalue weighted by Gasteiger charge is -2.36. The Morgan fingerprint density at radius 2 is 2.04 bits per heavy atom. The minimum atomic E-state index is -0.193. The van der Waals surface area contributed by atoms with Crippen LogP contribution >= 0.6 is 0 Å². The zero-order chi connectivity index (χ0) is 17.1. The Labute approximate surface area is 141 Å². The molecule has 0 aliphatic heterocycles. The molecule has 1 aromatic heterocycles. The third-order valence-electron chi connectivity index (χ3n) is 5.12. The summed E-state index contributed by atoms with van der Waals surface area (Å²) in [5.74, 6) is 0.603. The number of amides is 1. The van der Waals surface area contributed by atoms with Crippen LogP contribution in [0.25, 0.3) is 10.9 Å². The maximum atomic E-state index is 12.5. The van der Waals surface area contributed by atoms with E-state index in [2.05, 4.69) is 17.2 Å². The fourth-order valence-electron chi connectivity index (χ4n) is 3.60. The number of fused-ring (bicyclic) bond motifs is 1. The molecule has 1 aliphatic rings. The number of hydrogen-bond donors (Lipinski definition) is 0. The molecule has 2 unspecified atom stereocenters. The first-order chi connectivity index (χ1) is 11.6. The molecule has 0 radical (unpaired) electrons. The fraction of sp³-hybridized carbons (Fsp3) is 0.556. The normalized spacial score (nSPS) is 20.9. The second kappa shape index (κ2) is 7.11. The average Bonchev–Trinajstić information content (AvgIpc) is 2.61. The van der Waals surface area contributed by atoms with Crippen molar-refractivity contribution < 1.29 is 4.79 Å². The lowest BCUT2D eigenvalue weighted by Crippen LogP contribution is -2.43. The van der Waals surface area contributed by atoms with Gasteiger partial charge in [0.15, 0.2) is 0 Å². The Morgan fingerprint density at radius 1 is 1.29 bits per heavy atom. The summed E-state index contributed by atoms with van der Waals surface area (Å²) < 4.78 is 1.29. The molecule has 6 nitrogen and oxygen atoms in total. The van der Waals surface area contributed by atoms with Gasteiger partial charge >= 0.3 is 0 Å². The maximum absolute atomic E-state index is 12.5. The SMILES string of the molecule is CC1CCCCC1N(C)C(=O)CCn1nnc2ccccc2c1=O. The molecule has 0 bridgehead atoms. The predicted molar refractivity (Wildman–Crippen MR) is 92.6 cm³/mol. The first-order valence-corrected chi connectivity index (χ1v) is 8.66. The van der Waals surface area contributed by atoms with E-state index in [1.165, 1.54) is 23.9 Å². The molecule has 1 aliphatic carbocycles. The molecule has 3 rings (SSSR count). The topological polar surface area (TPSA) is 68.1 Å². The van der Waals surface area contributed by atoms with E-state index in [0.29, 0.717) is 22.9 Å². The molecule has 128 valence electrons. The van der Waals surface area contributed by atoms with Crippen molar-refractivity contribution >= 4 is 16.8 Å². The molecule has 1 saturated carbocycles. The number of hydrogen-bond acceptors (Lipinski definition) is 4. The highest BCUT2D eigenvalue weighted by atomic mass is 16.2. The monoisotopic (exact) mass is 328 g/mol. The van der Waals surface area contributed by atoms with E-state index in [0.717, 1.165) is 6.42 Å². The Bertz CT molecular complexity index is 786. The van der Waals surface area contributed by atoms with Gasteiger partial charge < -0.3 is 4.90 Å². The summed E-state index contributed by atoms with van der Waals surface area (Å²) >= 11 is 0. The fourth-order valence-corrected chi connectivity index (χ4v) is 3.60. The summed E-state index contributed by atoms with van der Waals surface area (Å²) in [4.78, 5) is 26.8. The molecule has 0 spiro atoms. The standard InChI is InChI=1S/C18H24N4O2/c1-13-7-3-6-10-16(13)21(2)17(23)11-12-22-18(24)14-8-4-5-9-15(14)19-20-22/h4-5,8-9,13,16H,3,6-7,10-12H2,1-2H3. The van der Waals surface area contributed by atoms with Gasteiger partial charge in [-0.15, -0.1) is 5.10 Å². The number of carbonyl (C=O) groups excluding carboxylic acids is 1. The van der Waals surface area contributed by atoms with Crippen molar-refractivity contribution in [3.05, 3.63) is 34.6 Å². The zero-order valence-corrected chi connectivity index (χ0v) is 14.3. The molecule has 2 aromatic rings. The van der Waals surface area contributed by atoms with Gasteiger partial charge in [-0.2, -0.15) is 0 Å². The smallest absolute Gasteiger partial charge is 0.277 e. The van der Waals surface area contributed by atoms with E-state index in [-0.39, 0.29) is 24.4 Å². The molecule has 6 heteroatoms. The lowest BCUT2D eigenvalue weighted by atomic mass is 9.85. The van der Waals surface area contributed by atoms with Gasteiger partial charge in [0.1, 0.15) is 5.52 Å². The molecular formula is C18H24N4O2. The number of aromatic nitrogens is 3. The Kier molecular flexibility index (Phi) is 4.92. The molecule has 24 heavy (non-hydrogen) atoms. The third kappa shape index (κ3) is 3.32. The van der Waals surface area contributed by atoms with Crippen LogP contribution in [-0.2, 0) is 11.3 Å². The second-order valence-corrected chi connectivity index (χ2v) is 6.72. The molecule has 1 fully saturated rings. The van der Waals surface area contributed by atoms with Crippen LogP contribution in [0.3, 0.4) is 0 Å². The molecule has 1 heterocycles. The Balaban J connectivity index is 1.68. The van der Waals surface area contributed by atoms with Gasteiger partial charge in [-0.3, -0.25) is 9.59 Å². The van der Waals surface area contributed by atoms with Gasteiger partial charge in [-0.05, 0) is 30.9 Å². The van der Waals surface area contributed by atoms with Crippen LogP contribution in [0.5, 0.6) is 0 Å². The van der Waals surface area contributed by atoms with Crippen molar-refractivity contribution in [3.63, 3.8) is 0 Å². The van der Waals surface area contributed by atoms with Crippen LogP contribution in [-0.4, -0.2) is 38.9 Å². The number of rotatable bonds is 4. The number of aryl methyl sites for hydroxylation is 1. The highest BCUT2D eigenvalue weighted by Gasteiger charge is 2.27. The van der Waals surface area contributed by atoms with E-state index >= 15 is 0 Å². The average molecular weight is 328 g/mol. The molecule has 0 saturated heterocycles. The molecule has 2 atom stereocenters. The zero-order valence-electron chi connectivity index (χ0n) is 14.3. The largest absolute Gasteiger partial charge is 0.342 e. The van der Waals surface area contributed by atoms with Crippen LogP contribution in [0.2, 0.25) is 0 Å². The van der Waals surface area contributed by atoms with Gasteiger partial charge in [0.25, 0.3) is 5.56 Å². The summed E-state index contributed by atoms with van der Waals surface area (Å²) in [6.45, 7) is 2.48. The van der Waals surface area contributed by atoms with Gasteiger partial charge in [0, 0.05) is 19.5 Å². The highest BCUT2D eigenvalue weighted by Crippen LogP contribution is 2.27.